The SMILES string of the molecule is Cc1c(Cl)cccc1NC(=O)[C@@H]1CC(=O)N(c2cccc(-c3noc(-c4cccs4)n3)c2)C1. The Balaban J connectivity index is 1.32. The Morgan fingerprint density at radius 2 is 2.06 bits per heavy atom. The Hall–Kier alpha value is -3.49. The Morgan fingerprint density at radius 3 is 2.88 bits per heavy atom. The van der Waals surface area contributed by atoms with Gasteiger partial charge in [-0.15, -0.1) is 11.3 Å². The van der Waals surface area contributed by atoms with Crippen LogP contribution in [-0.2, 0) is 9.59 Å². The van der Waals surface area contributed by atoms with Crippen molar-refractivity contribution in [3.05, 3.63) is 70.6 Å². The van der Waals surface area contributed by atoms with Crippen LogP contribution in [-0.4, -0.2) is 28.5 Å². The van der Waals surface area contributed by atoms with Gasteiger partial charge in [-0.1, -0.05) is 41.0 Å². The van der Waals surface area contributed by atoms with Gasteiger partial charge in [0, 0.05) is 34.9 Å². The topological polar surface area (TPSA) is 88.3 Å². The van der Waals surface area contributed by atoms with Gasteiger partial charge in [-0.05, 0) is 48.2 Å². The van der Waals surface area contributed by atoms with Gasteiger partial charge < -0.3 is 14.7 Å². The third-order valence-corrected chi connectivity index (χ3v) is 6.86. The lowest BCUT2D eigenvalue weighted by Gasteiger charge is -2.17. The molecule has 0 radical (unpaired) electrons. The number of rotatable bonds is 5. The summed E-state index contributed by atoms with van der Waals surface area (Å²) in [5, 5.41) is 9.51. The molecule has 5 rings (SSSR count). The maximum absolute atomic E-state index is 12.8. The van der Waals surface area contributed by atoms with Gasteiger partial charge in [0.25, 0.3) is 5.89 Å². The van der Waals surface area contributed by atoms with E-state index < -0.39 is 5.92 Å². The van der Waals surface area contributed by atoms with Gasteiger partial charge in [-0.3, -0.25) is 9.59 Å². The summed E-state index contributed by atoms with van der Waals surface area (Å²) in [6.45, 7) is 2.14. The summed E-state index contributed by atoms with van der Waals surface area (Å²) in [5.74, 6) is 0.122. The molecule has 1 atom stereocenters. The first kappa shape index (κ1) is 21.4. The zero-order chi connectivity index (χ0) is 22.9. The number of amides is 2. The average Bonchev–Trinajstić information content (AvgIpc) is 3.57. The van der Waals surface area contributed by atoms with Gasteiger partial charge in [-0.2, -0.15) is 4.98 Å². The molecule has 1 N–H and O–H groups in total. The van der Waals surface area contributed by atoms with E-state index in [1.807, 2.05) is 48.7 Å². The van der Waals surface area contributed by atoms with Crippen molar-refractivity contribution in [3.63, 3.8) is 0 Å². The van der Waals surface area contributed by atoms with Crippen molar-refractivity contribution in [2.24, 2.45) is 5.92 Å². The molecule has 0 aliphatic carbocycles. The lowest BCUT2D eigenvalue weighted by molar-refractivity contribution is -0.122. The minimum Gasteiger partial charge on any atom is -0.333 e. The number of carbonyl (C=O) groups excluding carboxylic acids is 2. The molecule has 1 saturated heterocycles. The predicted octanol–water partition coefficient (Wildman–Crippen LogP) is 5.42. The smallest absolute Gasteiger partial charge is 0.268 e. The van der Waals surface area contributed by atoms with Crippen molar-refractivity contribution in [2.45, 2.75) is 13.3 Å². The minimum absolute atomic E-state index is 0.109. The van der Waals surface area contributed by atoms with Crippen LogP contribution in [0.4, 0.5) is 11.4 Å². The van der Waals surface area contributed by atoms with E-state index in [1.165, 1.54) is 11.3 Å². The van der Waals surface area contributed by atoms with E-state index in [2.05, 4.69) is 15.5 Å². The van der Waals surface area contributed by atoms with E-state index in [1.54, 1.807) is 23.1 Å². The number of halogens is 1. The minimum atomic E-state index is -0.463. The molecule has 0 bridgehead atoms. The first-order valence-corrected chi connectivity index (χ1v) is 11.6. The first-order valence-electron chi connectivity index (χ1n) is 10.3. The summed E-state index contributed by atoms with van der Waals surface area (Å²) >= 11 is 7.67. The summed E-state index contributed by atoms with van der Waals surface area (Å²) in [6.07, 6.45) is 0.139. The molecule has 0 unspecified atom stereocenters. The van der Waals surface area contributed by atoms with E-state index in [9.17, 15) is 9.59 Å². The fourth-order valence-corrected chi connectivity index (χ4v) is 4.58. The number of hydrogen-bond donors (Lipinski definition) is 1. The average molecular weight is 479 g/mol. The second kappa shape index (κ2) is 8.80. The van der Waals surface area contributed by atoms with Crippen LogP contribution in [0.2, 0.25) is 5.02 Å². The molecule has 2 aromatic carbocycles. The molecule has 0 spiro atoms. The summed E-state index contributed by atoms with van der Waals surface area (Å²) in [6, 6.07) is 16.6. The molecule has 2 aromatic heterocycles. The van der Waals surface area contributed by atoms with Crippen LogP contribution in [0.1, 0.15) is 12.0 Å². The first-order chi connectivity index (χ1) is 16.0. The molecular formula is C24H19ClN4O3S. The molecule has 2 amide bonds. The molecule has 1 aliphatic heterocycles. The fraction of sp³-hybridized carbons (Fsp3) is 0.167. The van der Waals surface area contributed by atoms with Crippen molar-refractivity contribution >= 4 is 46.1 Å². The van der Waals surface area contributed by atoms with E-state index in [0.29, 0.717) is 34.7 Å². The van der Waals surface area contributed by atoms with Gasteiger partial charge in [0.05, 0.1) is 10.8 Å². The van der Waals surface area contributed by atoms with Crippen LogP contribution in [0, 0.1) is 12.8 Å². The Kier molecular flexibility index (Phi) is 5.70. The molecule has 1 fully saturated rings. The van der Waals surface area contributed by atoms with Crippen LogP contribution in [0.15, 0.2) is 64.5 Å². The van der Waals surface area contributed by atoms with Gasteiger partial charge in [0.1, 0.15) is 0 Å². The molecule has 4 aromatic rings. The normalized spacial score (nSPS) is 15.8. The van der Waals surface area contributed by atoms with E-state index >= 15 is 0 Å². The van der Waals surface area contributed by atoms with Crippen molar-refractivity contribution in [2.75, 3.05) is 16.8 Å². The van der Waals surface area contributed by atoms with Crippen LogP contribution in [0.5, 0.6) is 0 Å². The number of anilines is 2. The summed E-state index contributed by atoms with van der Waals surface area (Å²) in [5.41, 5.74) is 2.87. The number of nitrogens with one attached hydrogen (secondary N) is 1. The second-order valence-corrected chi connectivity index (χ2v) is 9.11. The van der Waals surface area contributed by atoms with Gasteiger partial charge in [0.2, 0.25) is 17.6 Å². The molecule has 3 heterocycles. The summed E-state index contributed by atoms with van der Waals surface area (Å²) in [7, 11) is 0. The van der Waals surface area contributed by atoms with Crippen molar-refractivity contribution in [1.82, 2.24) is 10.1 Å². The number of nitrogens with zero attached hydrogens (tertiary/aromatic N) is 3. The summed E-state index contributed by atoms with van der Waals surface area (Å²) in [4.78, 5) is 32.6. The predicted molar refractivity (Wildman–Crippen MR) is 128 cm³/mol. The molecule has 1 aliphatic rings. The molecule has 7 nitrogen and oxygen atoms in total. The number of carbonyl (C=O) groups is 2. The quantitative estimate of drug-likeness (QED) is 0.414. The van der Waals surface area contributed by atoms with Crippen LogP contribution < -0.4 is 10.2 Å². The maximum Gasteiger partial charge on any atom is 0.268 e. The van der Waals surface area contributed by atoms with E-state index in [4.69, 9.17) is 16.1 Å². The van der Waals surface area contributed by atoms with Gasteiger partial charge in [-0.25, -0.2) is 0 Å². The number of thiophene rings is 1. The van der Waals surface area contributed by atoms with E-state index in [-0.39, 0.29) is 18.2 Å². The van der Waals surface area contributed by atoms with Crippen molar-refractivity contribution in [3.8, 4) is 22.2 Å². The number of aromatic nitrogens is 2. The highest BCUT2D eigenvalue weighted by Gasteiger charge is 2.35. The monoisotopic (exact) mass is 478 g/mol. The second-order valence-electron chi connectivity index (χ2n) is 7.76. The third kappa shape index (κ3) is 4.27. The standard InChI is InChI=1S/C24H19ClN4O3S/c1-14-18(25)7-3-8-19(14)26-23(31)16-12-21(30)29(13-16)17-6-2-5-15(11-17)22-27-24(32-28-22)20-9-4-10-33-20/h2-11,16H,12-13H2,1H3,(H,26,31)/t16-/m1/s1. The zero-order valence-corrected chi connectivity index (χ0v) is 19.2. The molecular weight excluding hydrogens is 460 g/mol. The molecule has 0 saturated carbocycles. The van der Waals surface area contributed by atoms with Crippen LogP contribution in [0.3, 0.4) is 0 Å². The molecule has 33 heavy (non-hydrogen) atoms. The Morgan fingerprint density at radius 1 is 1.21 bits per heavy atom. The lowest BCUT2D eigenvalue weighted by atomic mass is 10.1. The molecule has 9 heteroatoms. The van der Waals surface area contributed by atoms with Crippen LogP contribution >= 0.6 is 22.9 Å². The highest BCUT2D eigenvalue weighted by molar-refractivity contribution is 7.13. The van der Waals surface area contributed by atoms with Crippen molar-refractivity contribution < 1.29 is 14.1 Å². The van der Waals surface area contributed by atoms with E-state index in [0.717, 1.165) is 16.0 Å². The molecule has 166 valence electrons. The zero-order valence-electron chi connectivity index (χ0n) is 17.6. The lowest BCUT2D eigenvalue weighted by Crippen LogP contribution is -2.28. The van der Waals surface area contributed by atoms with Gasteiger partial charge in [0.15, 0.2) is 0 Å². The number of hydrogen-bond acceptors (Lipinski definition) is 6. The van der Waals surface area contributed by atoms with Gasteiger partial charge >= 0.3 is 0 Å². The highest BCUT2D eigenvalue weighted by atomic mass is 35.5. The Bertz CT molecular complexity index is 1340. The number of benzene rings is 2. The summed E-state index contributed by atoms with van der Waals surface area (Å²) < 4.78 is 5.38. The van der Waals surface area contributed by atoms with Crippen molar-refractivity contribution in [1.29, 1.82) is 0 Å². The highest BCUT2D eigenvalue weighted by Crippen LogP contribution is 2.31. The third-order valence-electron chi connectivity index (χ3n) is 5.60. The Labute approximate surface area is 199 Å². The fourth-order valence-electron chi connectivity index (χ4n) is 3.76. The maximum atomic E-state index is 12.8. The largest absolute Gasteiger partial charge is 0.333 e. The van der Waals surface area contributed by atoms with Crippen LogP contribution in [0.25, 0.3) is 22.2 Å².